The van der Waals surface area contributed by atoms with E-state index in [2.05, 4.69) is 98.9 Å². The Hall–Kier alpha value is -2.81. The lowest BCUT2D eigenvalue weighted by Gasteiger charge is -2.28. The number of likely N-dealkylation sites (N-methyl/N-ethyl adjacent to an activating group) is 1. The quantitative estimate of drug-likeness (QED) is 0.0195. The first-order valence-corrected chi connectivity index (χ1v) is 35.8. The second kappa shape index (κ2) is 62.7. The summed E-state index contributed by atoms with van der Waals surface area (Å²) in [6, 6.07) is 0. The van der Waals surface area contributed by atoms with Gasteiger partial charge in [-0.15, -0.1) is 0 Å². The zero-order chi connectivity index (χ0) is 59.8. The summed E-state index contributed by atoms with van der Waals surface area (Å²) in [6.07, 6.45) is 85.1. The second-order valence-electron chi connectivity index (χ2n) is 24.2. The highest BCUT2D eigenvalue weighted by atomic mass is 31.2. The molecule has 9 nitrogen and oxygen atoms in total. The van der Waals surface area contributed by atoms with E-state index >= 15 is 0 Å². The SMILES string of the molecule is CC/C=C\C/C=C\C/C=C\C/C=C\C/C=C\CCCCCCCCCCCCCC(=O)OC(COC(=O)CCCCCCCCCCCCCCCCCCCCC/C=C\C/C=C\CCCCCCC)COP(=O)([O-])OCC[N+](C)(C)C. The zero-order valence-electron chi connectivity index (χ0n) is 54.2. The van der Waals surface area contributed by atoms with Crippen molar-refractivity contribution in [1.29, 1.82) is 0 Å². The maximum absolute atomic E-state index is 12.9. The summed E-state index contributed by atoms with van der Waals surface area (Å²) in [6.45, 7) is 4.15. The molecule has 2 unspecified atom stereocenters. The van der Waals surface area contributed by atoms with Crippen LogP contribution in [0, 0.1) is 0 Å². The number of quaternary nitrogens is 1. The van der Waals surface area contributed by atoms with Gasteiger partial charge in [-0.3, -0.25) is 14.2 Å². The van der Waals surface area contributed by atoms with Crippen LogP contribution in [0.4, 0.5) is 0 Å². The molecule has 0 fully saturated rings. The molecule has 10 heteroatoms. The number of rotatable bonds is 63. The highest BCUT2D eigenvalue weighted by Gasteiger charge is 2.22. The Balaban J connectivity index is 4.05. The van der Waals surface area contributed by atoms with Crippen LogP contribution in [0.5, 0.6) is 0 Å². The van der Waals surface area contributed by atoms with E-state index in [1.165, 1.54) is 193 Å². The fourth-order valence-electron chi connectivity index (χ4n) is 9.66. The highest BCUT2D eigenvalue weighted by molar-refractivity contribution is 7.45. The van der Waals surface area contributed by atoms with Crippen molar-refractivity contribution < 1.29 is 42.1 Å². The molecule has 0 heterocycles. The van der Waals surface area contributed by atoms with Gasteiger partial charge < -0.3 is 27.9 Å². The lowest BCUT2D eigenvalue weighted by molar-refractivity contribution is -0.870. The van der Waals surface area contributed by atoms with Crippen LogP contribution in [0.3, 0.4) is 0 Å². The van der Waals surface area contributed by atoms with Gasteiger partial charge in [0.25, 0.3) is 7.82 Å². The van der Waals surface area contributed by atoms with Crippen molar-refractivity contribution in [1.82, 2.24) is 0 Å². The molecule has 0 saturated carbocycles. The van der Waals surface area contributed by atoms with Gasteiger partial charge in [0.05, 0.1) is 27.7 Å². The second-order valence-corrected chi connectivity index (χ2v) is 25.6. The lowest BCUT2D eigenvalue weighted by atomic mass is 10.0. The van der Waals surface area contributed by atoms with Crippen molar-refractivity contribution in [2.24, 2.45) is 0 Å². The Kier molecular flexibility index (Phi) is 60.6. The van der Waals surface area contributed by atoms with Gasteiger partial charge in [-0.05, 0) is 89.9 Å². The van der Waals surface area contributed by atoms with Crippen LogP contribution in [-0.2, 0) is 32.7 Å². The van der Waals surface area contributed by atoms with Gasteiger partial charge in [-0.25, -0.2) is 0 Å². The Labute approximate surface area is 507 Å². The van der Waals surface area contributed by atoms with Crippen LogP contribution in [0.25, 0.3) is 0 Å². The van der Waals surface area contributed by atoms with Crippen LogP contribution >= 0.6 is 7.82 Å². The van der Waals surface area contributed by atoms with E-state index < -0.39 is 26.5 Å². The molecule has 0 spiro atoms. The summed E-state index contributed by atoms with van der Waals surface area (Å²) >= 11 is 0. The third kappa shape index (κ3) is 66.3. The van der Waals surface area contributed by atoms with Crippen molar-refractivity contribution >= 4 is 19.8 Å². The minimum absolute atomic E-state index is 0.0332. The topological polar surface area (TPSA) is 111 Å². The smallest absolute Gasteiger partial charge is 0.306 e. The van der Waals surface area contributed by atoms with Crippen LogP contribution in [0.1, 0.15) is 309 Å². The van der Waals surface area contributed by atoms with E-state index in [1.54, 1.807) is 0 Å². The number of phosphoric ester groups is 1. The van der Waals surface area contributed by atoms with Crippen LogP contribution in [-0.4, -0.2) is 70.0 Å². The molecule has 0 aliphatic heterocycles. The van der Waals surface area contributed by atoms with Gasteiger partial charge in [-0.1, -0.05) is 292 Å². The van der Waals surface area contributed by atoms with Gasteiger partial charge in [0.15, 0.2) is 6.10 Å². The molecule has 2 atom stereocenters. The number of ether oxygens (including phenoxy) is 2. The van der Waals surface area contributed by atoms with Gasteiger partial charge in [-0.2, -0.15) is 0 Å². The monoisotopic (exact) mass is 1170 g/mol. The molecule has 0 saturated heterocycles. The number of carbonyl (C=O) groups is 2. The summed E-state index contributed by atoms with van der Waals surface area (Å²) in [5.74, 6) is -0.828. The molecule has 0 N–H and O–H groups in total. The van der Waals surface area contributed by atoms with Crippen molar-refractivity contribution in [3.8, 4) is 0 Å². The number of phosphoric acid groups is 1. The Morgan fingerprint density at radius 2 is 0.695 bits per heavy atom. The molecule has 0 amide bonds. The van der Waals surface area contributed by atoms with Gasteiger partial charge in [0.1, 0.15) is 19.8 Å². The molecule has 476 valence electrons. The molecular formula is C72H130NO8P. The standard InChI is InChI=1S/C72H130NO8P/c1-6-8-10-12-14-16-18-20-22-24-26-28-30-32-34-35-36-37-39-40-42-44-46-48-50-52-54-56-58-60-62-64-71(74)78-68-70(69-80-82(76,77)79-67-66-73(3,4)5)81-72(75)65-63-61-59-57-55-53-51-49-47-45-43-41-38-33-31-29-27-25-23-21-19-17-15-13-11-9-7-2/h9,11,15,17-18,20-21,23-24,26-27,29,33,38,70H,6-8,10,12-14,16,19,22,25,28,30-32,34-37,39-69H2,1-5H3/b11-9-,17-15-,20-18-,23-21-,26-24-,29-27-,38-33-. The molecular weight excluding hydrogens is 1040 g/mol. The number of hydrogen-bond acceptors (Lipinski definition) is 8. The van der Waals surface area contributed by atoms with E-state index in [-0.39, 0.29) is 32.0 Å². The fraction of sp³-hybridized carbons (Fsp3) is 0.778. The molecule has 0 aliphatic carbocycles. The number of carbonyl (C=O) groups excluding carboxylic acids is 2. The summed E-state index contributed by atoms with van der Waals surface area (Å²) in [4.78, 5) is 38.1. The first-order chi connectivity index (χ1) is 40.0. The Bertz CT molecular complexity index is 1660. The van der Waals surface area contributed by atoms with Crippen molar-refractivity contribution in [3.05, 3.63) is 85.1 Å². The Morgan fingerprint density at radius 1 is 0.390 bits per heavy atom. The first-order valence-electron chi connectivity index (χ1n) is 34.3. The summed E-state index contributed by atoms with van der Waals surface area (Å²) in [5, 5.41) is 0. The lowest BCUT2D eigenvalue weighted by Crippen LogP contribution is -2.37. The van der Waals surface area contributed by atoms with Crippen molar-refractivity contribution in [3.63, 3.8) is 0 Å². The van der Waals surface area contributed by atoms with Crippen LogP contribution in [0.2, 0.25) is 0 Å². The van der Waals surface area contributed by atoms with Gasteiger partial charge >= 0.3 is 11.9 Å². The number of esters is 2. The largest absolute Gasteiger partial charge is 0.756 e. The predicted molar refractivity (Wildman–Crippen MR) is 351 cm³/mol. The van der Waals surface area contributed by atoms with Crippen LogP contribution < -0.4 is 4.89 Å². The predicted octanol–water partition coefficient (Wildman–Crippen LogP) is 21.5. The Morgan fingerprint density at radius 3 is 1.04 bits per heavy atom. The molecule has 0 aromatic rings. The maximum atomic E-state index is 12.9. The molecule has 0 bridgehead atoms. The number of unbranched alkanes of at least 4 members (excludes halogenated alkanes) is 35. The van der Waals surface area contributed by atoms with Crippen molar-refractivity contribution in [2.75, 3.05) is 47.5 Å². The van der Waals surface area contributed by atoms with Crippen molar-refractivity contribution in [2.45, 2.75) is 315 Å². The third-order valence-corrected chi connectivity index (χ3v) is 15.9. The third-order valence-electron chi connectivity index (χ3n) is 14.9. The molecule has 0 radical (unpaired) electrons. The molecule has 0 rings (SSSR count). The molecule has 0 aromatic carbocycles. The summed E-state index contributed by atoms with van der Waals surface area (Å²) in [5.41, 5.74) is 0. The number of allylic oxidation sites excluding steroid dienone is 14. The summed E-state index contributed by atoms with van der Waals surface area (Å²) in [7, 11) is 1.17. The van der Waals surface area contributed by atoms with Gasteiger partial charge in [0.2, 0.25) is 0 Å². The van der Waals surface area contributed by atoms with E-state index in [0.29, 0.717) is 17.4 Å². The van der Waals surface area contributed by atoms with E-state index in [9.17, 15) is 19.0 Å². The fourth-order valence-corrected chi connectivity index (χ4v) is 10.4. The highest BCUT2D eigenvalue weighted by Crippen LogP contribution is 2.38. The normalized spacial score (nSPS) is 13.7. The van der Waals surface area contributed by atoms with E-state index in [0.717, 1.165) is 83.5 Å². The van der Waals surface area contributed by atoms with Gasteiger partial charge in [0, 0.05) is 12.8 Å². The minimum Gasteiger partial charge on any atom is -0.756 e. The molecule has 0 aliphatic rings. The maximum Gasteiger partial charge on any atom is 0.306 e. The number of hydrogen-bond donors (Lipinski definition) is 0. The minimum atomic E-state index is -4.64. The average molecular weight is 1170 g/mol. The zero-order valence-corrected chi connectivity index (χ0v) is 55.1. The van der Waals surface area contributed by atoms with Crippen LogP contribution in [0.15, 0.2) is 85.1 Å². The molecule has 0 aromatic heterocycles. The number of nitrogens with zero attached hydrogens (tertiary/aromatic N) is 1. The first kappa shape index (κ1) is 79.2. The van der Waals surface area contributed by atoms with E-state index in [4.69, 9.17) is 18.5 Å². The van der Waals surface area contributed by atoms with E-state index in [1.807, 2.05) is 21.1 Å². The summed E-state index contributed by atoms with van der Waals surface area (Å²) < 4.78 is 34.3. The molecule has 82 heavy (non-hydrogen) atoms. The average Bonchev–Trinajstić information content (AvgIpc) is 3.46.